The van der Waals surface area contributed by atoms with Crippen LogP contribution >= 0.6 is 43.5 Å². The van der Waals surface area contributed by atoms with Crippen LogP contribution in [0.4, 0.5) is 11.6 Å². The van der Waals surface area contributed by atoms with Crippen molar-refractivity contribution in [1.29, 1.82) is 0 Å². The van der Waals surface area contributed by atoms with E-state index in [1.54, 1.807) is 18.5 Å². The second kappa shape index (κ2) is 6.08. The largest absolute Gasteiger partial charge is 0.322 e. The normalized spacial score (nSPS) is 10.6. The lowest BCUT2D eigenvalue weighted by atomic mass is 10.3. The molecule has 0 aliphatic carbocycles. The first-order valence-corrected chi connectivity index (χ1v) is 7.72. The van der Waals surface area contributed by atoms with E-state index in [4.69, 9.17) is 11.6 Å². The van der Waals surface area contributed by atoms with Gasteiger partial charge in [-0.2, -0.15) is 20.1 Å². The molecule has 2 aromatic heterocycles. The molecule has 1 aromatic carbocycles. The number of nitrogens with zero attached hydrogens (tertiary/aromatic N) is 5. The van der Waals surface area contributed by atoms with Crippen LogP contribution in [0.15, 0.2) is 45.6 Å². The molecule has 21 heavy (non-hydrogen) atoms. The summed E-state index contributed by atoms with van der Waals surface area (Å²) < 4.78 is 3.25. The average Bonchev–Trinajstić information content (AvgIpc) is 2.97. The van der Waals surface area contributed by atoms with E-state index in [0.29, 0.717) is 11.9 Å². The second-order valence-electron chi connectivity index (χ2n) is 3.90. The molecule has 0 bridgehead atoms. The van der Waals surface area contributed by atoms with Crippen LogP contribution in [0, 0.1) is 0 Å². The lowest BCUT2D eigenvalue weighted by Crippen LogP contribution is -2.07. The van der Waals surface area contributed by atoms with Gasteiger partial charge in [0.25, 0.3) is 5.95 Å². The highest BCUT2D eigenvalue weighted by molar-refractivity contribution is 9.11. The summed E-state index contributed by atoms with van der Waals surface area (Å²) in [5.74, 6) is 0.666. The van der Waals surface area contributed by atoms with E-state index in [9.17, 15) is 0 Å². The summed E-state index contributed by atoms with van der Waals surface area (Å²) in [7, 11) is 0. The molecule has 0 unspecified atom stereocenters. The second-order valence-corrected chi connectivity index (χ2v) is 5.95. The fourth-order valence-electron chi connectivity index (χ4n) is 1.61. The smallest absolute Gasteiger partial charge is 0.256 e. The van der Waals surface area contributed by atoms with Crippen LogP contribution < -0.4 is 5.32 Å². The molecule has 106 valence electrons. The van der Waals surface area contributed by atoms with E-state index in [0.717, 1.165) is 14.6 Å². The monoisotopic (exact) mass is 428 g/mol. The molecule has 3 rings (SSSR count). The Hall–Kier alpha value is -1.51. The van der Waals surface area contributed by atoms with Crippen molar-refractivity contribution in [2.45, 2.75) is 0 Å². The quantitative estimate of drug-likeness (QED) is 0.681. The Kier molecular flexibility index (Phi) is 4.18. The van der Waals surface area contributed by atoms with Gasteiger partial charge in [-0.25, -0.2) is 4.68 Å². The van der Waals surface area contributed by atoms with Crippen molar-refractivity contribution in [1.82, 2.24) is 24.7 Å². The Morgan fingerprint density at radius 1 is 1.05 bits per heavy atom. The van der Waals surface area contributed by atoms with Crippen molar-refractivity contribution in [3.63, 3.8) is 0 Å². The summed E-state index contributed by atoms with van der Waals surface area (Å²) in [6, 6.07) is 7.50. The lowest BCUT2D eigenvalue weighted by molar-refractivity contribution is 0.798. The highest BCUT2D eigenvalue weighted by Gasteiger charge is 2.10. The molecule has 3 aromatic rings. The van der Waals surface area contributed by atoms with Gasteiger partial charge in [0, 0.05) is 21.3 Å². The fourth-order valence-corrected chi connectivity index (χ4v) is 2.97. The Balaban J connectivity index is 2.00. The standard InChI is InChI=1S/C12H7Br2ClN6/c13-7-3-1-4-8(14)9(7)17-11-18-10(15)19-12(20-11)21-6-2-5-16-21/h1-6H,(H,17,18,19,20). The van der Waals surface area contributed by atoms with Crippen LogP contribution in [-0.2, 0) is 0 Å². The van der Waals surface area contributed by atoms with Crippen molar-refractivity contribution >= 4 is 55.1 Å². The van der Waals surface area contributed by atoms with E-state index in [1.165, 1.54) is 4.68 Å². The minimum Gasteiger partial charge on any atom is -0.322 e. The maximum absolute atomic E-state index is 5.95. The molecule has 2 heterocycles. The maximum Gasteiger partial charge on any atom is 0.256 e. The number of hydrogen-bond donors (Lipinski definition) is 1. The van der Waals surface area contributed by atoms with Crippen LogP contribution in [-0.4, -0.2) is 24.7 Å². The van der Waals surface area contributed by atoms with Gasteiger partial charge in [-0.05, 0) is 61.7 Å². The molecule has 0 atom stereocenters. The molecular formula is C12H7Br2ClN6. The molecule has 0 aliphatic heterocycles. The third-order valence-corrected chi connectivity index (χ3v) is 4.00. The maximum atomic E-state index is 5.95. The van der Waals surface area contributed by atoms with E-state index >= 15 is 0 Å². The lowest BCUT2D eigenvalue weighted by Gasteiger charge is -2.10. The van der Waals surface area contributed by atoms with Crippen LogP contribution in [0.5, 0.6) is 0 Å². The highest BCUT2D eigenvalue weighted by atomic mass is 79.9. The number of anilines is 2. The molecule has 0 saturated carbocycles. The molecule has 0 saturated heterocycles. The first kappa shape index (κ1) is 14.4. The minimum absolute atomic E-state index is 0.0844. The molecule has 0 amide bonds. The van der Waals surface area contributed by atoms with Crippen molar-refractivity contribution in [2.75, 3.05) is 5.32 Å². The molecule has 1 N–H and O–H groups in total. The first-order valence-electron chi connectivity index (χ1n) is 5.76. The Morgan fingerprint density at radius 2 is 1.81 bits per heavy atom. The highest BCUT2D eigenvalue weighted by Crippen LogP contribution is 2.32. The zero-order chi connectivity index (χ0) is 14.8. The summed E-state index contributed by atoms with van der Waals surface area (Å²) in [6.45, 7) is 0. The summed E-state index contributed by atoms with van der Waals surface area (Å²) in [5, 5.41) is 7.26. The molecule has 9 heteroatoms. The number of hydrogen-bond acceptors (Lipinski definition) is 5. The predicted molar refractivity (Wildman–Crippen MR) is 87.1 cm³/mol. The van der Waals surface area contributed by atoms with Gasteiger partial charge in [-0.15, -0.1) is 0 Å². The Labute approximate surface area is 141 Å². The van der Waals surface area contributed by atoms with Crippen LogP contribution in [0.1, 0.15) is 0 Å². The van der Waals surface area contributed by atoms with Crippen molar-refractivity contribution in [3.05, 3.63) is 50.9 Å². The molecular weight excluding hydrogens is 423 g/mol. The summed E-state index contributed by atoms with van der Waals surface area (Å²) >= 11 is 12.9. The van der Waals surface area contributed by atoms with E-state index in [-0.39, 0.29) is 5.28 Å². The Bertz CT molecular complexity index is 757. The fraction of sp³-hybridized carbons (Fsp3) is 0. The van der Waals surface area contributed by atoms with E-state index in [1.807, 2.05) is 18.2 Å². The number of nitrogens with one attached hydrogen (secondary N) is 1. The summed E-state index contributed by atoms with van der Waals surface area (Å²) in [5.41, 5.74) is 0.797. The average molecular weight is 430 g/mol. The zero-order valence-corrected chi connectivity index (χ0v) is 14.3. The number of rotatable bonds is 3. The van der Waals surface area contributed by atoms with Crippen molar-refractivity contribution in [3.8, 4) is 5.95 Å². The van der Waals surface area contributed by atoms with Gasteiger partial charge in [0.05, 0.1) is 5.69 Å². The van der Waals surface area contributed by atoms with Crippen molar-refractivity contribution < 1.29 is 0 Å². The van der Waals surface area contributed by atoms with Gasteiger partial charge in [0.1, 0.15) is 0 Å². The molecule has 0 spiro atoms. The van der Waals surface area contributed by atoms with Gasteiger partial charge in [0.15, 0.2) is 0 Å². The number of benzene rings is 1. The Morgan fingerprint density at radius 3 is 2.48 bits per heavy atom. The topological polar surface area (TPSA) is 68.5 Å². The molecule has 0 aliphatic rings. The van der Waals surface area contributed by atoms with Crippen LogP contribution in [0.25, 0.3) is 5.95 Å². The SMILES string of the molecule is Clc1nc(Nc2c(Br)cccc2Br)nc(-n2cccn2)n1. The number of para-hydroxylation sites is 1. The van der Waals surface area contributed by atoms with Gasteiger partial charge >= 0.3 is 0 Å². The van der Waals surface area contributed by atoms with Crippen molar-refractivity contribution in [2.24, 2.45) is 0 Å². The number of halogens is 3. The molecule has 0 radical (unpaired) electrons. The van der Waals surface area contributed by atoms with Gasteiger partial charge in [-0.3, -0.25) is 0 Å². The minimum atomic E-state index is 0.0844. The third kappa shape index (κ3) is 3.22. The van der Waals surface area contributed by atoms with Gasteiger partial charge in [0.2, 0.25) is 11.2 Å². The third-order valence-electron chi connectivity index (χ3n) is 2.51. The zero-order valence-electron chi connectivity index (χ0n) is 10.3. The van der Waals surface area contributed by atoms with Crippen LogP contribution in [0.3, 0.4) is 0 Å². The summed E-state index contributed by atoms with van der Waals surface area (Å²) in [4.78, 5) is 12.4. The summed E-state index contributed by atoms with van der Waals surface area (Å²) in [6.07, 6.45) is 3.36. The van der Waals surface area contributed by atoms with E-state index < -0.39 is 0 Å². The van der Waals surface area contributed by atoms with Crippen LogP contribution in [0.2, 0.25) is 5.28 Å². The van der Waals surface area contributed by atoms with Gasteiger partial charge < -0.3 is 5.32 Å². The number of aromatic nitrogens is 5. The molecule has 6 nitrogen and oxygen atoms in total. The predicted octanol–water partition coefficient (Wildman–Crippen LogP) is 3.98. The van der Waals surface area contributed by atoms with E-state index in [2.05, 4.69) is 57.2 Å². The first-order chi connectivity index (χ1) is 10.1. The van der Waals surface area contributed by atoms with Gasteiger partial charge in [-0.1, -0.05) is 6.07 Å². The molecule has 0 fully saturated rings.